The summed E-state index contributed by atoms with van der Waals surface area (Å²) in [5.41, 5.74) is 1.13. The lowest BCUT2D eigenvalue weighted by Crippen LogP contribution is -2.51. The van der Waals surface area contributed by atoms with Crippen molar-refractivity contribution < 1.29 is 9.53 Å². The van der Waals surface area contributed by atoms with E-state index in [1.807, 2.05) is 7.05 Å². The molecular formula is C21H30N2O2. The molecule has 4 rings (SSSR count). The average molecular weight is 342 g/mol. The molecule has 0 bridgehead atoms. The van der Waals surface area contributed by atoms with E-state index in [1.165, 1.54) is 18.4 Å². The van der Waals surface area contributed by atoms with Crippen molar-refractivity contribution in [3.8, 4) is 5.75 Å². The fourth-order valence-electron chi connectivity index (χ4n) is 4.88. The Morgan fingerprint density at radius 2 is 1.88 bits per heavy atom. The summed E-state index contributed by atoms with van der Waals surface area (Å²) >= 11 is 0. The maximum atomic E-state index is 12.7. The van der Waals surface area contributed by atoms with E-state index >= 15 is 0 Å². The monoisotopic (exact) mass is 342 g/mol. The number of para-hydroxylation sites is 1. The molecule has 0 unspecified atom stereocenters. The Kier molecular flexibility index (Phi) is 4.72. The smallest absolute Gasteiger partial charge is 0.225 e. The number of carbonyl (C=O) groups is 1. The van der Waals surface area contributed by atoms with Gasteiger partial charge in [0, 0.05) is 37.7 Å². The molecule has 1 heterocycles. The molecule has 0 atom stereocenters. The van der Waals surface area contributed by atoms with Crippen molar-refractivity contribution in [3.05, 3.63) is 29.8 Å². The number of hydrogen-bond acceptors (Lipinski definition) is 3. The Morgan fingerprint density at radius 1 is 1.16 bits per heavy atom. The quantitative estimate of drug-likeness (QED) is 0.894. The SMILES string of the molecule is CN(C(=O)C1CCCC1)C1CCC2(CC1)CNCc1ccccc1O2. The molecule has 25 heavy (non-hydrogen) atoms. The number of fused-ring (bicyclic) bond motifs is 1. The van der Waals surface area contributed by atoms with Crippen LogP contribution >= 0.6 is 0 Å². The highest BCUT2D eigenvalue weighted by Gasteiger charge is 2.41. The van der Waals surface area contributed by atoms with Gasteiger partial charge in [0.2, 0.25) is 5.91 Å². The van der Waals surface area contributed by atoms with Crippen molar-refractivity contribution in [2.24, 2.45) is 5.92 Å². The van der Waals surface area contributed by atoms with Crippen molar-refractivity contribution in [2.45, 2.75) is 69.6 Å². The number of hydrogen-bond donors (Lipinski definition) is 1. The van der Waals surface area contributed by atoms with Gasteiger partial charge in [0.05, 0.1) is 0 Å². The van der Waals surface area contributed by atoms with E-state index in [4.69, 9.17) is 4.74 Å². The Hall–Kier alpha value is -1.55. The lowest BCUT2D eigenvalue weighted by Gasteiger charge is -2.42. The molecule has 4 nitrogen and oxygen atoms in total. The van der Waals surface area contributed by atoms with Crippen LogP contribution in [0.5, 0.6) is 5.75 Å². The molecule has 136 valence electrons. The molecule has 0 saturated heterocycles. The summed E-state index contributed by atoms with van der Waals surface area (Å²) in [4.78, 5) is 14.8. The van der Waals surface area contributed by atoms with Crippen LogP contribution in [0.3, 0.4) is 0 Å². The van der Waals surface area contributed by atoms with Gasteiger partial charge in [-0.2, -0.15) is 0 Å². The maximum absolute atomic E-state index is 12.7. The summed E-state index contributed by atoms with van der Waals surface area (Å²) in [7, 11) is 2.02. The second-order valence-corrected chi connectivity index (χ2v) is 8.16. The van der Waals surface area contributed by atoms with Gasteiger partial charge in [-0.3, -0.25) is 4.79 Å². The summed E-state index contributed by atoms with van der Waals surface area (Å²) in [5, 5.41) is 3.57. The molecule has 2 fully saturated rings. The highest BCUT2D eigenvalue weighted by molar-refractivity contribution is 5.79. The lowest BCUT2D eigenvalue weighted by molar-refractivity contribution is -0.137. The standard InChI is InChI=1S/C21H30N2O2/c1-23(20(24)16-6-2-3-7-16)18-10-12-21(13-11-18)15-22-14-17-8-4-5-9-19(17)25-21/h4-5,8-9,16,18,22H,2-3,6-7,10-15H2,1H3. The minimum Gasteiger partial charge on any atom is -0.486 e. The summed E-state index contributed by atoms with van der Waals surface area (Å²) in [6.07, 6.45) is 8.72. The summed E-state index contributed by atoms with van der Waals surface area (Å²) in [5.74, 6) is 1.69. The molecule has 2 aliphatic carbocycles. The number of benzene rings is 1. The second kappa shape index (κ2) is 6.99. The zero-order valence-corrected chi connectivity index (χ0v) is 15.3. The summed E-state index contributed by atoms with van der Waals surface area (Å²) in [6.45, 7) is 1.77. The van der Waals surface area contributed by atoms with Crippen molar-refractivity contribution in [2.75, 3.05) is 13.6 Å². The third-order valence-electron chi connectivity index (χ3n) is 6.53. The van der Waals surface area contributed by atoms with Crippen LogP contribution in [0.1, 0.15) is 56.9 Å². The van der Waals surface area contributed by atoms with Crippen LogP contribution in [0.2, 0.25) is 0 Å². The van der Waals surface area contributed by atoms with Gasteiger partial charge in [0.25, 0.3) is 0 Å². The number of carbonyl (C=O) groups excluding carboxylic acids is 1. The number of amides is 1. The summed E-state index contributed by atoms with van der Waals surface area (Å²) < 4.78 is 6.51. The first-order valence-electron chi connectivity index (χ1n) is 9.91. The predicted octanol–water partition coefficient (Wildman–Crippen LogP) is 3.50. The first-order chi connectivity index (χ1) is 12.2. The zero-order valence-electron chi connectivity index (χ0n) is 15.3. The van der Waals surface area contributed by atoms with Crippen LogP contribution in [0.15, 0.2) is 24.3 Å². The first-order valence-corrected chi connectivity index (χ1v) is 9.91. The Balaban J connectivity index is 1.40. The zero-order chi connectivity index (χ0) is 17.3. The fraction of sp³-hybridized carbons (Fsp3) is 0.667. The molecule has 1 aliphatic heterocycles. The van der Waals surface area contributed by atoms with Gasteiger partial charge in [-0.05, 0) is 44.6 Å². The normalized spacial score (nSPS) is 29.7. The largest absolute Gasteiger partial charge is 0.486 e. The lowest BCUT2D eigenvalue weighted by atomic mass is 9.81. The molecule has 1 N–H and O–H groups in total. The average Bonchev–Trinajstić information content (AvgIpc) is 3.11. The Labute approximate surface area is 150 Å². The number of rotatable bonds is 2. The van der Waals surface area contributed by atoms with Crippen molar-refractivity contribution in [1.29, 1.82) is 0 Å². The van der Waals surface area contributed by atoms with Crippen LogP contribution in [0, 0.1) is 5.92 Å². The van der Waals surface area contributed by atoms with Crippen LogP contribution < -0.4 is 10.1 Å². The Bertz CT molecular complexity index is 616. The topological polar surface area (TPSA) is 41.6 Å². The predicted molar refractivity (Wildman–Crippen MR) is 98.5 cm³/mol. The molecule has 1 amide bonds. The van der Waals surface area contributed by atoms with E-state index < -0.39 is 0 Å². The Morgan fingerprint density at radius 3 is 2.64 bits per heavy atom. The highest BCUT2D eigenvalue weighted by Crippen LogP contribution is 2.38. The van der Waals surface area contributed by atoms with Crippen molar-refractivity contribution in [3.63, 3.8) is 0 Å². The third kappa shape index (κ3) is 3.41. The van der Waals surface area contributed by atoms with Gasteiger partial charge in [-0.25, -0.2) is 0 Å². The van der Waals surface area contributed by atoms with Gasteiger partial charge < -0.3 is 15.0 Å². The minimum absolute atomic E-state index is 0.111. The molecule has 0 aromatic heterocycles. The van der Waals surface area contributed by atoms with Crippen LogP contribution in [-0.4, -0.2) is 36.0 Å². The molecular weight excluding hydrogens is 312 g/mol. The molecule has 0 radical (unpaired) electrons. The van der Waals surface area contributed by atoms with Crippen LogP contribution in [0.4, 0.5) is 0 Å². The van der Waals surface area contributed by atoms with E-state index in [-0.39, 0.29) is 11.5 Å². The van der Waals surface area contributed by atoms with E-state index in [9.17, 15) is 4.79 Å². The van der Waals surface area contributed by atoms with Crippen molar-refractivity contribution >= 4 is 5.91 Å². The van der Waals surface area contributed by atoms with Gasteiger partial charge >= 0.3 is 0 Å². The minimum atomic E-state index is -0.111. The van der Waals surface area contributed by atoms with Crippen LogP contribution in [-0.2, 0) is 11.3 Å². The molecule has 3 aliphatic rings. The van der Waals surface area contributed by atoms with E-state index in [0.29, 0.717) is 11.9 Å². The fourth-order valence-corrected chi connectivity index (χ4v) is 4.88. The highest BCUT2D eigenvalue weighted by atomic mass is 16.5. The number of nitrogens with zero attached hydrogens (tertiary/aromatic N) is 1. The molecule has 1 aromatic carbocycles. The van der Waals surface area contributed by atoms with E-state index in [0.717, 1.165) is 57.4 Å². The summed E-state index contributed by atoms with van der Waals surface area (Å²) in [6, 6.07) is 8.73. The molecule has 2 saturated carbocycles. The van der Waals surface area contributed by atoms with Gasteiger partial charge in [0.1, 0.15) is 11.4 Å². The van der Waals surface area contributed by atoms with Gasteiger partial charge in [-0.1, -0.05) is 31.0 Å². The number of nitrogens with one attached hydrogen (secondary N) is 1. The van der Waals surface area contributed by atoms with E-state index in [1.54, 1.807) is 0 Å². The molecule has 1 aromatic rings. The van der Waals surface area contributed by atoms with Gasteiger partial charge in [-0.15, -0.1) is 0 Å². The van der Waals surface area contributed by atoms with E-state index in [2.05, 4.69) is 34.5 Å². The molecule has 4 heteroatoms. The third-order valence-corrected chi connectivity index (χ3v) is 6.53. The van der Waals surface area contributed by atoms with Crippen molar-refractivity contribution in [1.82, 2.24) is 10.2 Å². The van der Waals surface area contributed by atoms with Crippen LogP contribution in [0.25, 0.3) is 0 Å². The molecule has 1 spiro atoms. The number of ether oxygens (including phenoxy) is 1. The second-order valence-electron chi connectivity index (χ2n) is 8.16. The van der Waals surface area contributed by atoms with Gasteiger partial charge in [0.15, 0.2) is 0 Å². The first kappa shape index (κ1) is 16.9. The maximum Gasteiger partial charge on any atom is 0.225 e.